The topological polar surface area (TPSA) is 64.3 Å². The van der Waals surface area contributed by atoms with Crippen LogP contribution in [0.2, 0.25) is 8.67 Å². The summed E-state index contributed by atoms with van der Waals surface area (Å²) >= 11 is 12.9. The van der Waals surface area contributed by atoms with Crippen molar-refractivity contribution in [1.29, 1.82) is 0 Å². The number of halogens is 2. The van der Waals surface area contributed by atoms with Gasteiger partial charge >= 0.3 is 0 Å². The van der Waals surface area contributed by atoms with Gasteiger partial charge in [-0.15, -0.1) is 11.3 Å². The van der Waals surface area contributed by atoms with Crippen molar-refractivity contribution < 1.29 is 9.53 Å². The summed E-state index contributed by atoms with van der Waals surface area (Å²) in [5.74, 6) is 0.372. The van der Waals surface area contributed by atoms with E-state index in [9.17, 15) is 4.79 Å². The smallest absolute Gasteiger partial charge is 0.253 e. The Hall–Kier alpha value is -1.43. The van der Waals surface area contributed by atoms with E-state index in [0.29, 0.717) is 25.7 Å². The van der Waals surface area contributed by atoms with Crippen molar-refractivity contribution in [2.45, 2.75) is 6.54 Å². The van der Waals surface area contributed by atoms with Crippen LogP contribution in [0.5, 0.6) is 5.75 Å². The molecule has 4 nitrogen and oxygen atoms in total. The molecule has 106 valence electrons. The number of rotatable bonds is 4. The molecule has 1 aromatic heterocycles. The fourth-order valence-corrected chi connectivity index (χ4v) is 3.16. The Morgan fingerprint density at radius 1 is 1.40 bits per heavy atom. The van der Waals surface area contributed by atoms with Gasteiger partial charge in [0.05, 0.1) is 17.0 Å². The first kappa shape index (κ1) is 15.0. The van der Waals surface area contributed by atoms with Crippen molar-refractivity contribution in [3.63, 3.8) is 0 Å². The molecule has 0 spiro atoms. The van der Waals surface area contributed by atoms with E-state index in [0.717, 1.165) is 16.9 Å². The number of thiophene rings is 1. The molecular weight excluding hydrogens is 319 g/mol. The van der Waals surface area contributed by atoms with Gasteiger partial charge in [-0.05, 0) is 24.3 Å². The number of amides is 1. The van der Waals surface area contributed by atoms with Crippen LogP contribution in [-0.2, 0) is 6.54 Å². The minimum atomic E-state index is -0.289. The molecule has 0 atom stereocenters. The molecule has 0 radical (unpaired) electrons. The van der Waals surface area contributed by atoms with Crippen LogP contribution in [0, 0.1) is 0 Å². The lowest BCUT2D eigenvalue weighted by atomic mass is 10.1. The summed E-state index contributed by atoms with van der Waals surface area (Å²) in [6, 6.07) is 6.78. The van der Waals surface area contributed by atoms with E-state index in [1.54, 1.807) is 31.4 Å². The van der Waals surface area contributed by atoms with E-state index in [2.05, 4.69) is 5.32 Å². The molecule has 3 N–H and O–H groups in total. The fraction of sp³-hybridized carbons (Fsp3) is 0.154. The van der Waals surface area contributed by atoms with Crippen molar-refractivity contribution in [3.8, 4) is 5.75 Å². The second-order valence-corrected chi connectivity index (χ2v) is 6.28. The standard InChI is InChI=1S/C13H12Cl2N2O2S/c1-19-10-3-2-8(16)4-7(10)6-17-13(18)9-5-11(14)20-12(9)15/h2-5H,6,16H2,1H3,(H,17,18). The van der Waals surface area contributed by atoms with Gasteiger partial charge in [0.15, 0.2) is 0 Å². The number of anilines is 1. The average Bonchev–Trinajstić information content (AvgIpc) is 2.75. The predicted octanol–water partition coefficient (Wildman–Crippen LogP) is 3.58. The minimum Gasteiger partial charge on any atom is -0.496 e. The molecule has 0 aliphatic carbocycles. The average molecular weight is 331 g/mol. The third kappa shape index (κ3) is 3.36. The monoisotopic (exact) mass is 330 g/mol. The second-order valence-electron chi connectivity index (χ2n) is 3.99. The summed E-state index contributed by atoms with van der Waals surface area (Å²) in [5, 5.41) is 2.76. The van der Waals surface area contributed by atoms with E-state index in [1.165, 1.54) is 0 Å². The second kappa shape index (κ2) is 6.35. The number of carbonyl (C=O) groups excluding carboxylic acids is 1. The van der Waals surface area contributed by atoms with E-state index in [4.69, 9.17) is 33.7 Å². The highest BCUT2D eigenvalue weighted by Crippen LogP contribution is 2.31. The summed E-state index contributed by atoms with van der Waals surface area (Å²) < 4.78 is 6.06. The molecular formula is C13H12Cl2N2O2S. The molecule has 2 aromatic rings. The Morgan fingerprint density at radius 3 is 2.75 bits per heavy atom. The number of benzene rings is 1. The number of nitrogen functional groups attached to an aromatic ring is 1. The van der Waals surface area contributed by atoms with Gasteiger partial charge in [0.2, 0.25) is 0 Å². The summed E-state index contributed by atoms with van der Waals surface area (Å²) in [4.78, 5) is 12.0. The lowest BCUT2D eigenvalue weighted by Crippen LogP contribution is -2.22. The normalized spacial score (nSPS) is 10.3. The Kier molecular flexibility index (Phi) is 4.75. The molecule has 0 aliphatic rings. The van der Waals surface area contributed by atoms with E-state index < -0.39 is 0 Å². The van der Waals surface area contributed by atoms with Gasteiger partial charge in [-0.3, -0.25) is 4.79 Å². The highest BCUT2D eigenvalue weighted by molar-refractivity contribution is 7.20. The molecule has 1 heterocycles. The van der Waals surface area contributed by atoms with Gasteiger partial charge in [-0.2, -0.15) is 0 Å². The predicted molar refractivity (Wildman–Crippen MR) is 82.9 cm³/mol. The largest absolute Gasteiger partial charge is 0.496 e. The summed E-state index contributed by atoms with van der Waals surface area (Å²) in [5.41, 5.74) is 7.48. The third-order valence-corrected chi connectivity index (χ3v) is 4.13. The maximum Gasteiger partial charge on any atom is 0.253 e. The van der Waals surface area contributed by atoms with Crippen LogP contribution in [-0.4, -0.2) is 13.0 Å². The number of hydrogen-bond acceptors (Lipinski definition) is 4. The van der Waals surface area contributed by atoms with Crippen LogP contribution in [0.15, 0.2) is 24.3 Å². The van der Waals surface area contributed by atoms with E-state index in [1.807, 2.05) is 0 Å². The van der Waals surface area contributed by atoms with Crippen molar-refractivity contribution in [2.75, 3.05) is 12.8 Å². The molecule has 7 heteroatoms. The quantitative estimate of drug-likeness (QED) is 0.842. The van der Waals surface area contributed by atoms with E-state index in [-0.39, 0.29) is 12.5 Å². The number of nitrogens with two attached hydrogens (primary N) is 1. The summed E-state index contributed by atoms with van der Waals surface area (Å²) in [6.07, 6.45) is 0. The van der Waals surface area contributed by atoms with Gasteiger partial charge in [0.1, 0.15) is 10.1 Å². The van der Waals surface area contributed by atoms with Crippen LogP contribution in [0.1, 0.15) is 15.9 Å². The van der Waals surface area contributed by atoms with Crippen LogP contribution >= 0.6 is 34.5 Å². The lowest BCUT2D eigenvalue weighted by molar-refractivity contribution is 0.0951. The molecule has 20 heavy (non-hydrogen) atoms. The number of nitrogens with one attached hydrogen (secondary N) is 1. The molecule has 0 saturated carbocycles. The van der Waals surface area contributed by atoms with Crippen LogP contribution < -0.4 is 15.8 Å². The lowest BCUT2D eigenvalue weighted by Gasteiger charge is -2.10. The van der Waals surface area contributed by atoms with E-state index >= 15 is 0 Å². The number of hydrogen-bond donors (Lipinski definition) is 2. The molecule has 0 bridgehead atoms. The van der Waals surface area contributed by atoms with Crippen molar-refractivity contribution in [3.05, 3.63) is 44.1 Å². The van der Waals surface area contributed by atoms with Crippen molar-refractivity contribution >= 4 is 46.1 Å². The van der Waals surface area contributed by atoms with Crippen LogP contribution in [0.4, 0.5) is 5.69 Å². The maximum atomic E-state index is 12.0. The number of methoxy groups -OCH3 is 1. The number of carbonyl (C=O) groups is 1. The maximum absolute atomic E-state index is 12.0. The Labute approximate surface area is 130 Å². The molecule has 0 saturated heterocycles. The summed E-state index contributed by atoms with van der Waals surface area (Å²) in [7, 11) is 1.56. The van der Waals surface area contributed by atoms with Gasteiger partial charge < -0.3 is 15.8 Å². The minimum absolute atomic E-state index is 0.289. The Balaban J connectivity index is 2.11. The van der Waals surface area contributed by atoms with Gasteiger partial charge in [0.25, 0.3) is 5.91 Å². The zero-order chi connectivity index (χ0) is 14.7. The molecule has 2 rings (SSSR count). The molecule has 0 fully saturated rings. The zero-order valence-corrected chi connectivity index (χ0v) is 12.9. The number of ether oxygens (including phenoxy) is 1. The SMILES string of the molecule is COc1ccc(N)cc1CNC(=O)c1cc(Cl)sc1Cl. The molecule has 1 aromatic carbocycles. The third-order valence-electron chi connectivity index (χ3n) is 2.65. The first-order chi connectivity index (χ1) is 9.51. The first-order valence-corrected chi connectivity index (χ1v) is 7.24. The fourth-order valence-electron chi connectivity index (χ4n) is 1.70. The van der Waals surface area contributed by atoms with Crippen molar-refractivity contribution in [1.82, 2.24) is 5.32 Å². The van der Waals surface area contributed by atoms with Crippen LogP contribution in [0.25, 0.3) is 0 Å². The molecule has 1 amide bonds. The van der Waals surface area contributed by atoms with Gasteiger partial charge in [0, 0.05) is 17.8 Å². The zero-order valence-electron chi connectivity index (χ0n) is 10.6. The highest BCUT2D eigenvalue weighted by atomic mass is 35.5. The highest BCUT2D eigenvalue weighted by Gasteiger charge is 2.14. The summed E-state index contributed by atoms with van der Waals surface area (Å²) in [6.45, 7) is 0.289. The molecule has 0 unspecified atom stereocenters. The van der Waals surface area contributed by atoms with Gasteiger partial charge in [-0.1, -0.05) is 23.2 Å². The van der Waals surface area contributed by atoms with Gasteiger partial charge in [-0.25, -0.2) is 0 Å². The Bertz CT molecular complexity index is 643. The van der Waals surface area contributed by atoms with Crippen LogP contribution in [0.3, 0.4) is 0 Å². The van der Waals surface area contributed by atoms with Crippen molar-refractivity contribution in [2.24, 2.45) is 0 Å². The molecule has 0 aliphatic heterocycles. The Morgan fingerprint density at radius 2 is 2.15 bits per heavy atom. The first-order valence-electron chi connectivity index (χ1n) is 5.66.